The maximum Gasteiger partial charge on any atom is 0.184 e. The van der Waals surface area contributed by atoms with Crippen molar-refractivity contribution >= 4 is 26.7 Å². The standard InChI is InChI=1S/C19H14FN3S/c20-16-4-2-1-3-15(16)12-22-19-23-17-6-5-14(11-18(17)24-19)13-7-9-21-10-8-13/h1-11H,12H2,(H,22,23). The van der Waals surface area contributed by atoms with Crippen molar-refractivity contribution in [3.63, 3.8) is 0 Å². The van der Waals surface area contributed by atoms with Crippen LogP contribution in [-0.4, -0.2) is 9.97 Å². The Hall–Kier alpha value is -2.79. The van der Waals surface area contributed by atoms with Crippen molar-refractivity contribution in [3.05, 3.63) is 78.4 Å². The van der Waals surface area contributed by atoms with Crippen LogP contribution in [0.25, 0.3) is 21.3 Å². The highest BCUT2D eigenvalue weighted by Gasteiger charge is 2.07. The fourth-order valence-electron chi connectivity index (χ4n) is 2.54. The van der Waals surface area contributed by atoms with E-state index in [0.29, 0.717) is 12.1 Å². The topological polar surface area (TPSA) is 37.8 Å². The molecule has 0 aliphatic carbocycles. The lowest BCUT2D eigenvalue weighted by atomic mass is 10.1. The molecule has 4 aromatic rings. The van der Waals surface area contributed by atoms with Gasteiger partial charge in [0, 0.05) is 24.5 Å². The molecular formula is C19H14FN3S. The summed E-state index contributed by atoms with van der Waals surface area (Å²) in [5.41, 5.74) is 3.83. The fourth-order valence-corrected chi connectivity index (χ4v) is 3.44. The van der Waals surface area contributed by atoms with Gasteiger partial charge in [0.2, 0.25) is 0 Å². The monoisotopic (exact) mass is 335 g/mol. The van der Waals surface area contributed by atoms with Crippen LogP contribution in [0.5, 0.6) is 0 Å². The Morgan fingerprint density at radius 3 is 2.62 bits per heavy atom. The number of hydrogen-bond acceptors (Lipinski definition) is 4. The third kappa shape index (κ3) is 2.98. The predicted octanol–water partition coefficient (Wildman–Crippen LogP) is 5.11. The molecule has 24 heavy (non-hydrogen) atoms. The minimum atomic E-state index is -0.203. The van der Waals surface area contributed by atoms with E-state index in [2.05, 4.69) is 27.4 Å². The molecule has 1 N–H and O–H groups in total. The lowest BCUT2D eigenvalue weighted by molar-refractivity contribution is 0.613. The molecule has 0 amide bonds. The number of nitrogens with one attached hydrogen (secondary N) is 1. The molecule has 0 aliphatic heterocycles. The van der Waals surface area contributed by atoms with Gasteiger partial charge in [-0.05, 0) is 41.5 Å². The Morgan fingerprint density at radius 1 is 0.958 bits per heavy atom. The number of hydrogen-bond donors (Lipinski definition) is 1. The average molecular weight is 335 g/mol. The molecule has 0 unspecified atom stereocenters. The van der Waals surface area contributed by atoms with Gasteiger partial charge < -0.3 is 5.32 Å². The zero-order valence-electron chi connectivity index (χ0n) is 12.7. The van der Waals surface area contributed by atoms with Gasteiger partial charge in [-0.3, -0.25) is 4.98 Å². The highest BCUT2D eigenvalue weighted by molar-refractivity contribution is 7.22. The first kappa shape index (κ1) is 14.8. The van der Waals surface area contributed by atoms with Crippen LogP contribution in [0.1, 0.15) is 5.56 Å². The molecule has 0 radical (unpaired) electrons. The summed E-state index contributed by atoms with van der Waals surface area (Å²) in [6.07, 6.45) is 3.57. The van der Waals surface area contributed by atoms with Gasteiger partial charge in [-0.2, -0.15) is 0 Å². The molecule has 0 spiro atoms. The van der Waals surface area contributed by atoms with Crippen molar-refractivity contribution in [2.24, 2.45) is 0 Å². The lowest BCUT2D eigenvalue weighted by Gasteiger charge is -2.03. The van der Waals surface area contributed by atoms with Gasteiger partial charge in [0.15, 0.2) is 5.13 Å². The summed E-state index contributed by atoms with van der Waals surface area (Å²) in [7, 11) is 0. The molecule has 5 heteroatoms. The number of rotatable bonds is 4. The SMILES string of the molecule is Fc1ccccc1CNc1nc2ccc(-c3ccncc3)cc2s1. The van der Waals surface area contributed by atoms with E-state index in [9.17, 15) is 4.39 Å². The Kier molecular flexibility index (Phi) is 3.92. The molecule has 3 nitrogen and oxygen atoms in total. The van der Waals surface area contributed by atoms with Crippen molar-refractivity contribution in [1.82, 2.24) is 9.97 Å². The molecule has 118 valence electrons. The number of anilines is 1. The predicted molar refractivity (Wildman–Crippen MR) is 96.6 cm³/mol. The third-order valence-electron chi connectivity index (χ3n) is 3.79. The summed E-state index contributed by atoms with van der Waals surface area (Å²) in [6.45, 7) is 0.420. The van der Waals surface area contributed by atoms with Gasteiger partial charge in [-0.25, -0.2) is 9.37 Å². The molecule has 2 aromatic carbocycles. The Balaban J connectivity index is 1.58. The zero-order valence-corrected chi connectivity index (χ0v) is 13.6. The van der Waals surface area contributed by atoms with Crippen molar-refractivity contribution in [2.75, 3.05) is 5.32 Å². The van der Waals surface area contributed by atoms with Gasteiger partial charge >= 0.3 is 0 Å². The summed E-state index contributed by atoms with van der Waals surface area (Å²) >= 11 is 1.57. The van der Waals surface area contributed by atoms with Crippen molar-refractivity contribution < 1.29 is 4.39 Å². The number of nitrogens with zero attached hydrogens (tertiary/aromatic N) is 2. The number of fused-ring (bicyclic) bond motifs is 1. The largest absolute Gasteiger partial charge is 0.357 e. The Labute approximate surface area is 142 Å². The molecule has 0 bridgehead atoms. The first-order valence-corrected chi connectivity index (χ1v) is 8.39. The van der Waals surface area contributed by atoms with E-state index in [4.69, 9.17) is 0 Å². The van der Waals surface area contributed by atoms with E-state index in [1.54, 1.807) is 35.9 Å². The second kappa shape index (κ2) is 6.37. The summed E-state index contributed by atoms with van der Waals surface area (Å²) in [6, 6.07) is 16.9. The van der Waals surface area contributed by atoms with Crippen LogP contribution < -0.4 is 5.32 Å². The van der Waals surface area contributed by atoms with E-state index in [-0.39, 0.29) is 5.82 Å². The molecule has 0 fully saturated rings. The Morgan fingerprint density at radius 2 is 1.79 bits per heavy atom. The van der Waals surface area contributed by atoms with Crippen LogP contribution in [0.4, 0.5) is 9.52 Å². The number of benzene rings is 2. The molecule has 2 heterocycles. The highest BCUT2D eigenvalue weighted by Crippen LogP contribution is 2.30. The van der Waals surface area contributed by atoms with Gasteiger partial charge in [0.1, 0.15) is 5.82 Å². The molecule has 0 atom stereocenters. The van der Waals surface area contributed by atoms with E-state index < -0.39 is 0 Å². The van der Waals surface area contributed by atoms with E-state index in [1.807, 2.05) is 24.3 Å². The zero-order chi connectivity index (χ0) is 16.4. The van der Waals surface area contributed by atoms with Crippen molar-refractivity contribution in [3.8, 4) is 11.1 Å². The maximum absolute atomic E-state index is 13.7. The second-order valence-electron chi connectivity index (χ2n) is 5.38. The lowest BCUT2D eigenvalue weighted by Crippen LogP contribution is -2.00. The third-order valence-corrected chi connectivity index (χ3v) is 4.77. The van der Waals surface area contributed by atoms with Gasteiger partial charge in [-0.15, -0.1) is 0 Å². The van der Waals surface area contributed by atoms with Crippen molar-refractivity contribution in [2.45, 2.75) is 6.54 Å². The number of thiazole rings is 1. The van der Waals surface area contributed by atoms with E-state index in [0.717, 1.165) is 26.5 Å². The minimum Gasteiger partial charge on any atom is -0.357 e. The van der Waals surface area contributed by atoms with Crippen LogP contribution in [0.3, 0.4) is 0 Å². The maximum atomic E-state index is 13.7. The van der Waals surface area contributed by atoms with Crippen molar-refractivity contribution in [1.29, 1.82) is 0 Å². The molecule has 2 aromatic heterocycles. The second-order valence-corrected chi connectivity index (χ2v) is 6.41. The van der Waals surface area contributed by atoms with Crippen LogP contribution in [0.15, 0.2) is 67.0 Å². The van der Waals surface area contributed by atoms with Gasteiger partial charge in [0.05, 0.1) is 10.2 Å². The number of pyridine rings is 1. The van der Waals surface area contributed by atoms with Crippen LogP contribution >= 0.6 is 11.3 Å². The van der Waals surface area contributed by atoms with E-state index >= 15 is 0 Å². The molecule has 0 saturated carbocycles. The first-order valence-electron chi connectivity index (χ1n) is 7.58. The quantitative estimate of drug-likeness (QED) is 0.563. The summed E-state index contributed by atoms with van der Waals surface area (Å²) in [5.74, 6) is -0.203. The first-order chi connectivity index (χ1) is 11.8. The molecule has 4 rings (SSSR count). The Bertz CT molecular complexity index is 982. The summed E-state index contributed by atoms with van der Waals surface area (Å²) in [5, 5.41) is 4.00. The molecular weight excluding hydrogens is 321 g/mol. The molecule has 0 saturated heterocycles. The van der Waals surface area contributed by atoms with Gasteiger partial charge in [-0.1, -0.05) is 35.6 Å². The normalized spacial score (nSPS) is 10.9. The number of aromatic nitrogens is 2. The minimum absolute atomic E-state index is 0.203. The summed E-state index contributed by atoms with van der Waals surface area (Å²) in [4.78, 5) is 8.61. The summed E-state index contributed by atoms with van der Waals surface area (Å²) < 4.78 is 14.8. The average Bonchev–Trinajstić information content (AvgIpc) is 3.04. The van der Waals surface area contributed by atoms with Crippen LogP contribution in [0, 0.1) is 5.82 Å². The number of halogens is 1. The van der Waals surface area contributed by atoms with Gasteiger partial charge in [0.25, 0.3) is 0 Å². The highest BCUT2D eigenvalue weighted by atomic mass is 32.1. The fraction of sp³-hybridized carbons (Fsp3) is 0.0526. The smallest absolute Gasteiger partial charge is 0.184 e. The van der Waals surface area contributed by atoms with Crippen LogP contribution in [0.2, 0.25) is 0 Å². The van der Waals surface area contributed by atoms with Crippen LogP contribution in [-0.2, 0) is 6.54 Å². The van der Waals surface area contributed by atoms with E-state index in [1.165, 1.54) is 6.07 Å². The molecule has 0 aliphatic rings.